The highest BCUT2D eigenvalue weighted by molar-refractivity contribution is 9.10. The van der Waals surface area contributed by atoms with E-state index in [1.54, 1.807) is 12.1 Å². The molecule has 112 valence electrons. The van der Waals surface area contributed by atoms with Gasteiger partial charge in [-0.25, -0.2) is 13.1 Å². The van der Waals surface area contributed by atoms with Crippen molar-refractivity contribution in [1.82, 2.24) is 9.62 Å². The van der Waals surface area contributed by atoms with Gasteiger partial charge in [-0.3, -0.25) is 0 Å². The topological polar surface area (TPSA) is 49.4 Å². The van der Waals surface area contributed by atoms with Gasteiger partial charge in [-0.1, -0.05) is 27.5 Å². The first-order valence-corrected chi connectivity index (χ1v) is 9.23. The highest BCUT2D eigenvalue weighted by Crippen LogP contribution is 2.25. The van der Waals surface area contributed by atoms with Gasteiger partial charge in [0.1, 0.15) is 4.90 Å². The predicted octanol–water partition coefficient (Wildman–Crippen LogP) is 2.87. The fourth-order valence-electron chi connectivity index (χ4n) is 2.41. The summed E-state index contributed by atoms with van der Waals surface area (Å²) in [5, 5.41) is 0.222. The Morgan fingerprint density at radius 1 is 1.40 bits per heavy atom. The maximum atomic E-state index is 12.3. The first kappa shape index (κ1) is 16.2. The van der Waals surface area contributed by atoms with Crippen molar-refractivity contribution in [2.45, 2.75) is 30.7 Å². The summed E-state index contributed by atoms with van der Waals surface area (Å²) in [6.07, 6.45) is 2.38. The van der Waals surface area contributed by atoms with E-state index in [0.29, 0.717) is 0 Å². The third-order valence-electron chi connectivity index (χ3n) is 3.27. The van der Waals surface area contributed by atoms with Crippen molar-refractivity contribution in [3.63, 3.8) is 0 Å². The monoisotopic (exact) mass is 380 g/mol. The number of likely N-dealkylation sites (tertiary alicyclic amines) is 1. The van der Waals surface area contributed by atoms with E-state index in [1.807, 2.05) is 6.92 Å². The highest BCUT2D eigenvalue weighted by Gasteiger charge is 2.22. The van der Waals surface area contributed by atoms with Crippen LogP contribution in [0.25, 0.3) is 0 Å². The highest BCUT2D eigenvalue weighted by atomic mass is 79.9. The van der Waals surface area contributed by atoms with Crippen LogP contribution in [-0.2, 0) is 10.0 Å². The maximum absolute atomic E-state index is 12.3. The van der Waals surface area contributed by atoms with Gasteiger partial charge in [-0.05, 0) is 51.1 Å². The fraction of sp³-hybridized carbons (Fsp3) is 0.538. The van der Waals surface area contributed by atoms with Crippen LogP contribution in [0.2, 0.25) is 5.02 Å². The Kier molecular flexibility index (Phi) is 5.48. The van der Waals surface area contributed by atoms with Gasteiger partial charge in [-0.15, -0.1) is 0 Å². The van der Waals surface area contributed by atoms with Gasteiger partial charge in [-0.2, -0.15) is 0 Å². The molecule has 2 rings (SSSR count). The summed E-state index contributed by atoms with van der Waals surface area (Å²) in [5.74, 6) is 0. The van der Waals surface area contributed by atoms with Gasteiger partial charge in [0, 0.05) is 17.1 Å². The standard InChI is InChI=1S/C13H18BrClN2O2S/c1-10(9-17-6-2-3-7-17)16-20(18,19)13-5-4-11(14)8-12(13)15/h4-5,8,10,16H,2-3,6-7,9H2,1H3. The molecule has 4 nitrogen and oxygen atoms in total. The van der Waals surface area contributed by atoms with Gasteiger partial charge < -0.3 is 4.90 Å². The molecule has 1 aliphatic rings. The normalized spacial score (nSPS) is 18.4. The van der Waals surface area contributed by atoms with Crippen molar-refractivity contribution in [2.75, 3.05) is 19.6 Å². The van der Waals surface area contributed by atoms with E-state index in [4.69, 9.17) is 11.6 Å². The second kappa shape index (κ2) is 6.75. The fourth-order valence-corrected chi connectivity index (χ4v) is 4.68. The predicted molar refractivity (Wildman–Crippen MR) is 84.6 cm³/mol. The van der Waals surface area contributed by atoms with Crippen LogP contribution in [-0.4, -0.2) is 39.0 Å². The Balaban J connectivity index is 2.06. The van der Waals surface area contributed by atoms with E-state index in [-0.39, 0.29) is 16.0 Å². The Morgan fingerprint density at radius 3 is 2.65 bits per heavy atom. The second-order valence-electron chi connectivity index (χ2n) is 5.10. The molecule has 0 radical (unpaired) electrons. The quantitative estimate of drug-likeness (QED) is 0.853. The van der Waals surface area contributed by atoms with Gasteiger partial charge >= 0.3 is 0 Å². The van der Waals surface area contributed by atoms with Gasteiger partial charge in [0.15, 0.2) is 0 Å². The lowest BCUT2D eigenvalue weighted by atomic mass is 10.3. The lowest BCUT2D eigenvalue weighted by molar-refractivity contribution is 0.313. The molecule has 0 saturated carbocycles. The molecule has 1 saturated heterocycles. The smallest absolute Gasteiger partial charge is 0.242 e. The molecule has 1 aromatic carbocycles. The average molecular weight is 382 g/mol. The molecule has 1 N–H and O–H groups in total. The summed E-state index contributed by atoms with van der Waals surface area (Å²) in [6, 6.07) is 4.63. The number of hydrogen-bond donors (Lipinski definition) is 1. The van der Waals surface area contributed by atoms with Crippen LogP contribution in [0.3, 0.4) is 0 Å². The summed E-state index contributed by atoms with van der Waals surface area (Å²) in [4.78, 5) is 2.40. The zero-order chi connectivity index (χ0) is 14.8. The molecule has 1 atom stereocenters. The number of halogens is 2. The summed E-state index contributed by atoms with van der Waals surface area (Å²) in [6.45, 7) is 4.70. The van der Waals surface area contributed by atoms with Crippen molar-refractivity contribution in [3.8, 4) is 0 Å². The van der Waals surface area contributed by atoms with Crippen molar-refractivity contribution in [2.24, 2.45) is 0 Å². The van der Waals surface area contributed by atoms with Crippen molar-refractivity contribution in [1.29, 1.82) is 0 Å². The Bertz CT molecular complexity index is 574. The van der Waals surface area contributed by atoms with Crippen LogP contribution in [0.15, 0.2) is 27.6 Å². The molecule has 1 aliphatic heterocycles. The van der Waals surface area contributed by atoms with Gasteiger partial charge in [0.25, 0.3) is 0 Å². The van der Waals surface area contributed by atoms with Crippen LogP contribution in [0, 0.1) is 0 Å². The zero-order valence-corrected chi connectivity index (χ0v) is 14.4. The molecule has 1 fully saturated rings. The molecule has 1 unspecified atom stereocenters. The lowest BCUT2D eigenvalue weighted by Crippen LogP contribution is -2.41. The Morgan fingerprint density at radius 2 is 2.05 bits per heavy atom. The molecule has 0 spiro atoms. The first-order valence-electron chi connectivity index (χ1n) is 6.58. The number of hydrogen-bond acceptors (Lipinski definition) is 3. The number of rotatable bonds is 5. The zero-order valence-electron chi connectivity index (χ0n) is 11.3. The Hall–Kier alpha value is -0.140. The largest absolute Gasteiger partial charge is 0.302 e. The van der Waals surface area contributed by atoms with E-state index < -0.39 is 10.0 Å². The molecule has 20 heavy (non-hydrogen) atoms. The van der Waals surface area contributed by atoms with Crippen LogP contribution < -0.4 is 4.72 Å². The summed E-state index contributed by atoms with van der Waals surface area (Å²) < 4.78 is 28.1. The van der Waals surface area contributed by atoms with Crippen molar-refractivity contribution >= 4 is 37.6 Å². The van der Waals surface area contributed by atoms with E-state index in [9.17, 15) is 8.42 Å². The molecular formula is C13H18BrClN2O2S. The number of sulfonamides is 1. The molecule has 0 bridgehead atoms. The molecular weight excluding hydrogens is 364 g/mol. The third-order valence-corrected chi connectivity index (χ3v) is 5.84. The molecule has 1 heterocycles. The molecule has 1 aromatic rings. The minimum Gasteiger partial charge on any atom is -0.302 e. The summed E-state index contributed by atoms with van der Waals surface area (Å²) >= 11 is 9.27. The minimum absolute atomic E-state index is 0.121. The molecule has 7 heteroatoms. The molecule has 0 aliphatic carbocycles. The summed E-state index contributed by atoms with van der Waals surface area (Å²) in [5.41, 5.74) is 0. The van der Waals surface area contributed by atoms with E-state index in [1.165, 1.54) is 18.9 Å². The minimum atomic E-state index is -3.58. The van der Waals surface area contributed by atoms with E-state index in [0.717, 1.165) is 24.1 Å². The number of nitrogens with zero attached hydrogens (tertiary/aromatic N) is 1. The summed E-state index contributed by atoms with van der Waals surface area (Å²) in [7, 11) is -3.58. The number of benzene rings is 1. The first-order chi connectivity index (χ1) is 9.38. The lowest BCUT2D eigenvalue weighted by Gasteiger charge is -2.21. The molecule has 0 aromatic heterocycles. The second-order valence-corrected chi connectivity index (χ2v) is 8.11. The number of nitrogens with one attached hydrogen (secondary N) is 1. The maximum Gasteiger partial charge on any atom is 0.242 e. The van der Waals surface area contributed by atoms with Gasteiger partial charge in [0.2, 0.25) is 10.0 Å². The van der Waals surface area contributed by atoms with E-state index in [2.05, 4.69) is 25.6 Å². The van der Waals surface area contributed by atoms with Crippen LogP contribution >= 0.6 is 27.5 Å². The Labute approximate surface area is 133 Å². The average Bonchev–Trinajstić information content (AvgIpc) is 2.79. The molecule has 0 amide bonds. The SMILES string of the molecule is CC(CN1CCCC1)NS(=O)(=O)c1ccc(Br)cc1Cl. The van der Waals surface area contributed by atoms with Gasteiger partial charge in [0.05, 0.1) is 5.02 Å². The van der Waals surface area contributed by atoms with Crippen LogP contribution in [0.5, 0.6) is 0 Å². The van der Waals surface area contributed by atoms with Crippen LogP contribution in [0.4, 0.5) is 0 Å². The van der Waals surface area contributed by atoms with Crippen molar-refractivity contribution in [3.05, 3.63) is 27.7 Å². The van der Waals surface area contributed by atoms with Crippen molar-refractivity contribution < 1.29 is 8.42 Å². The van der Waals surface area contributed by atoms with Crippen LogP contribution in [0.1, 0.15) is 19.8 Å². The third kappa shape index (κ3) is 4.18. The van der Waals surface area contributed by atoms with E-state index >= 15 is 0 Å².